The van der Waals surface area contributed by atoms with Gasteiger partial charge in [-0.2, -0.15) is 0 Å². The number of carbonyl (C=O) groups is 2. The van der Waals surface area contributed by atoms with E-state index in [1.807, 2.05) is 42.5 Å². The number of benzene rings is 2. The highest BCUT2D eigenvalue weighted by atomic mass is 32.1. The highest BCUT2D eigenvalue weighted by Gasteiger charge is 2.37. The Hall–Kier alpha value is -3.98. The SMILES string of the molecule is CCOC(=O)C1=C(C)N=c2sc(=C3C(=O)N(C)c4ccccc43)c(=O)n2[C@H]1c1ccccc1OC. The maximum Gasteiger partial charge on any atom is 0.338 e. The molecular formula is C26H23N3O5S. The van der Waals surface area contributed by atoms with E-state index in [0.717, 1.165) is 17.0 Å². The van der Waals surface area contributed by atoms with Gasteiger partial charge >= 0.3 is 5.97 Å². The van der Waals surface area contributed by atoms with Crippen molar-refractivity contribution in [2.45, 2.75) is 19.9 Å². The molecule has 0 unspecified atom stereocenters. The lowest BCUT2D eigenvalue weighted by atomic mass is 9.95. The van der Waals surface area contributed by atoms with Crippen LogP contribution in [0.15, 0.2) is 69.6 Å². The molecular weight excluding hydrogens is 466 g/mol. The van der Waals surface area contributed by atoms with E-state index in [9.17, 15) is 14.4 Å². The molecule has 0 saturated heterocycles. The maximum absolute atomic E-state index is 14.0. The summed E-state index contributed by atoms with van der Waals surface area (Å²) in [5.74, 6) is -0.287. The first-order valence-corrected chi connectivity index (χ1v) is 11.9. The summed E-state index contributed by atoms with van der Waals surface area (Å²) in [5, 5.41) is 0. The van der Waals surface area contributed by atoms with Crippen molar-refractivity contribution >= 4 is 34.5 Å². The predicted octanol–water partition coefficient (Wildman–Crippen LogP) is 2.15. The molecule has 5 rings (SSSR count). The van der Waals surface area contributed by atoms with E-state index >= 15 is 0 Å². The van der Waals surface area contributed by atoms with Crippen LogP contribution in [-0.4, -0.2) is 37.2 Å². The third-order valence-electron chi connectivity index (χ3n) is 6.21. The number of esters is 1. The van der Waals surface area contributed by atoms with Gasteiger partial charge in [0.15, 0.2) is 4.80 Å². The monoisotopic (exact) mass is 489 g/mol. The van der Waals surface area contributed by atoms with Crippen molar-refractivity contribution in [3.63, 3.8) is 0 Å². The van der Waals surface area contributed by atoms with Gasteiger partial charge in [-0.3, -0.25) is 14.2 Å². The summed E-state index contributed by atoms with van der Waals surface area (Å²) in [4.78, 5) is 46.8. The third kappa shape index (κ3) is 3.42. The minimum atomic E-state index is -0.819. The number of nitrogens with zero attached hydrogens (tertiary/aromatic N) is 3. The van der Waals surface area contributed by atoms with Crippen LogP contribution in [0.3, 0.4) is 0 Å². The van der Waals surface area contributed by atoms with Crippen LogP contribution in [0.25, 0.3) is 5.57 Å². The van der Waals surface area contributed by atoms with Gasteiger partial charge in [-0.25, -0.2) is 9.79 Å². The van der Waals surface area contributed by atoms with Crippen LogP contribution < -0.4 is 24.5 Å². The summed E-state index contributed by atoms with van der Waals surface area (Å²) in [6, 6.07) is 13.8. The van der Waals surface area contributed by atoms with Gasteiger partial charge in [0.1, 0.15) is 16.3 Å². The van der Waals surface area contributed by atoms with E-state index in [2.05, 4.69) is 4.99 Å². The quantitative estimate of drug-likeness (QED) is 0.524. The van der Waals surface area contributed by atoms with E-state index in [0.29, 0.717) is 32.9 Å². The van der Waals surface area contributed by atoms with Crippen molar-refractivity contribution in [1.29, 1.82) is 0 Å². The summed E-state index contributed by atoms with van der Waals surface area (Å²) in [6.07, 6.45) is 0. The molecule has 35 heavy (non-hydrogen) atoms. The molecule has 2 aromatic carbocycles. The molecule has 0 N–H and O–H groups in total. The Morgan fingerprint density at radius 2 is 1.83 bits per heavy atom. The van der Waals surface area contributed by atoms with Crippen LogP contribution in [-0.2, 0) is 14.3 Å². The van der Waals surface area contributed by atoms with Crippen LogP contribution in [0.5, 0.6) is 5.75 Å². The fraction of sp³-hybridized carbons (Fsp3) is 0.231. The topological polar surface area (TPSA) is 90.2 Å². The molecule has 178 valence electrons. The van der Waals surface area contributed by atoms with Crippen molar-refractivity contribution < 1.29 is 19.1 Å². The highest BCUT2D eigenvalue weighted by Crippen LogP contribution is 2.36. The second-order valence-corrected chi connectivity index (χ2v) is 9.10. The van der Waals surface area contributed by atoms with Gasteiger partial charge in [-0.05, 0) is 26.0 Å². The summed E-state index contributed by atoms with van der Waals surface area (Å²) >= 11 is 1.14. The fourth-order valence-electron chi connectivity index (χ4n) is 4.62. The Kier molecular flexibility index (Phi) is 5.64. The Morgan fingerprint density at radius 1 is 1.11 bits per heavy atom. The predicted molar refractivity (Wildman–Crippen MR) is 132 cm³/mol. The molecule has 2 aliphatic rings. The first-order valence-electron chi connectivity index (χ1n) is 11.1. The zero-order valence-corrected chi connectivity index (χ0v) is 20.5. The molecule has 1 aromatic heterocycles. The van der Waals surface area contributed by atoms with E-state index in [1.165, 1.54) is 16.6 Å². The van der Waals surface area contributed by atoms with Crippen molar-refractivity contribution in [1.82, 2.24) is 4.57 Å². The standard InChI is InChI=1S/C26H23N3O5S/c1-5-34-25(32)19-14(2)27-26-29(21(19)16-11-7-9-13-18(16)33-4)24(31)22(35-26)20-15-10-6-8-12-17(15)28(3)23(20)30/h6-13,21H,5H2,1-4H3/t21-/m0/s1. The minimum absolute atomic E-state index is 0.181. The molecule has 9 heteroatoms. The number of carbonyl (C=O) groups excluding carboxylic acids is 2. The molecule has 0 radical (unpaired) electrons. The Labute approximate surface area is 205 Å². The molecule has 0 spiro atoms. The molecule has 8 nitrogen and oxygen atoms in total. The molecule has 3 heterocycles. The third-order valence-corrected chi connectivity index (χ3v) is 7.26. The van der Waals surface area contributed by atoms with Crippen molar-refractivity contribution in [2.75, 3.05) is 25.7 Å². The van der Waals surface area contributed by atoms with Gasteiger partial charge in [-0.1, -0.05) is 47.7 Å². The number of hydrogen-bond acceptors (Lipinski definition) is 7. The number of anilines is 1. The van der Waals surface area contributed by atoms with Crippen molar-refractivity contribution in [2.24, 2.45) is 4.99 Å². The zero-order valence-electron chi connectivity index (χ0n) is 19.7. The van der Waals surface area contributed by atoms with Crippen LogP contribution in [0, 0.1) is 0 Å². The number of amides is 1. The molecule has 1 amide bonds. The molecule has 0 saturated carbocycles. The Balaban J connectivity index is 1.86. The maximum atomic E-state index is 14.0. The zero-order chi connectivity index (χ0) is 24.9. The number of ether oxygens (including phenoxy) is 2. The summed E-state index contributed by atoms with van der Waals surface area (Å²) in [5.41, 5.74) is 2.71. The first-order chi connectivity index (χ1) is 16.9. The smallest absolute Gasteiger partial charge is 0.338 e. The average molecular weight is 490 g/mol. The van der Waals surface area contributed by atoms with Crippen LogP contribution in [0.4, 0.5) is 5.69 Å². The summed E-state index contributed by atoms with van der Waals surface area (Å²) in [6.45, 7) is 3.63. The normalized spacial score (nSPS) is 18.2. The van der Waals surface area contributed by atoms with Crippen LogP contribution >= 0.6 is 11.3 Å². The van der Waals surface area contributed by atoms with Crippen molar-refractivity contribution in [3.05, 3.63) is 90.6 Å². The van der Waals surface area contributed by atoms with Gasteiger partial charge in [0, 0.05) is 18.2 Å². The Bertz CT molecular complexity index is 1600. The average Bonchev–Trinajstić information content (AvgIpc) is 3.31. The molecule has 0 fully saturated rings. The number of fused-ring (bicyclic) bond motifs is 2. The lowest BCUT2D eigenvalue weighted by molar-refractivity contribution is -0.139. The van der Waals surface area contributed by atoms with Crippen molar-refractivity contribution in [3.8, 4) is 5.75 Å². The number of thiazole rings is 1. The number of aromatic nitrogens is 1. The number of methoxy groups -OCH3 is 1. The van der Waals surface area contributed by atoms with Gasteiger partial charge in [0.2, 0.25) is 0 Å². The van der Waals surface area contributed by atoms with E-state index < -0.39 is 17.6 Å². The van der Waals surface area contributed by atoms with E-state index in [-0.39, 0.29) is 22.6 Å². The number of hydrogen-bond donors (Lipinski definition) is 0. The van der Waals surface area contributed by atoms with E-state index in [1.54, 1.807) is 27.0 Å². The van der Waals surface area contributed by atoms with E-state index in [4.69, 9.17) is 9.47 Å². The molecule has 3 aromatic rings. The second kappa shape index (κ2) is 8.66. The fourth-order valence-corrected chi connectivity index (χ4v) is 5.75. The summed E-state index contributed by atoms with van der Waals surface area (Å²) in [7, 11) is 3.22. The molecule has 0 aliphatic carbocycles. The number of para-hydroxylation sites is 2. The largest absolute Gasteiger partial charge is 0.496 e. The molecule has 1 atom stereocenters. The number of likely N-dealkylation sites (N-methyl/N-ethyl adjacent to an activating group) is 1. The van der Waals surface area contributed by atoms with Crippen LogP contribution in [0.1, 0.15) is 31.0 Å². The Morgan fingerprint density at radius 3 is 2.57 bits per heavy atom. The molecule has 0 bridgehead atoms. The summed E-state index contributed by atoms with van der Waals surface area (Å²) < 4.78 is 12.7. The second-order valence-electron chi connectivity index (χ2n) is 8.12. The van der Waals surface area contributed by atoms with Gasteiger partial charge in [0.25, 0.3) is 11.5 Å². The van der Waals surface area contributed by atoms with Gasteiger partial charge < -0.3 is 14.4 Å². The molecule has 2 aliphatic heterocycles. The number of allylic oxidation sites excluding steroid dienone is 1. The van der Waals surface area contributed by atoms with Crippen LogP contribution in [0.2, 0.25) is 0 Å². The van der Waals surface area contributed by atoms with Gasteiger partial charge in [0.05, 0.1) is 36.2 Å². The van der Waals surface area contributed by atoms with Gasteiger partial charge in [-0.15, -0.1) is 0 Å². The first kappa shape index (κ1) is 22.8. The number of rotatable bonds is 4. The lowest BCUT2D eigenvalue weighted by Gasteiger charge is -2.25. The minimum Gasteiger partial charge on any atom is -0.496 e. The lowest BCUT2D eigenvalue weighted by Crippen LogP contribution is -2.41. The highest BCUT2D eigenvalue weighted by molar-refractivity contribution is 7.07.